The predicted molar refractivity (Wildman–Crippen MR) is 44.0 cm³/mol. The molecule has 0 unspecified atom stereocenters. The molecule has 0 aromatic rings. The first-order chi connectivity index (χ1) is 4.72. The molecule has 0 amide bonds. The van der Waals surface area contributed by atoms with E-state index in [1.54, 1.807) is 0 Å². The van der Waals surface area contributed by atoms with Gasteiger partial charge in [0.05, 0.1) is 0 Å². The van der Waals surface area contributed by atoms with Crippen molar-refractivity contribution in [2.75, 3.05) is 0 Å². The van der Waals surface area contributed by atoms with Crippen molar-refractivity contribution in [1.29, 1.82) is 0 Å². The van der Waals surface area contributed by atoms with Crippen LogP contribution in [0.4, 0.5) is 0 Å². The van der Waals surface area contributed by atoms with Gasteiger partial charge in [-0.3, -0.25) is 4.79 Å². The molecule has 58 valence electrons. The summed E-state index contributed by atoms with van der Waals surface area (Å²) >= 11 is 0. The maximum atomic E-state index is 10.7. The van der Waals surface area contributed by atoms with E-state index < -0.39 is 0 Å². The van der Waals surface area contributed by atoms with E-state index in [4.69, 9.17) is 0 Å². The summed E-state index contributed by atoms with van der Waals surface area (Å²) in [5.41, 5.74) is 2.26. The van der Waals surface area contributed by atoms with Gasteiger partial charge in [-0.2, -0.15) is 0 Å². The maximum absolute atomic E-state index is 10.7. The van der Waals surface area contributed by atoms with Crippen molar-refractivity contribution >= 4 is 5.78 Å². The minimum Gasteiger partial charge on any atom is -0.295 e. The summed E-state index contributed by atoms with van der Waals surface area (Å²) < 4.78 is 0. The highest BCUT2D eigenvalue weighted by atomic mass is 16.1. The predicted octanol–water partition coefficient (Wildman–Crippen LogP) is 2.71. The van der Waals surface area contributed by atoms with Crippen LogP contribution in [0.1, 0.15) is 40.5 Å². The second-order valence-corrected chi connectivity index (χ2v) is 2.33. The third-order valence-corrected chi connectivity index (χ3v) is 1.79. The summed E-state index contributed by atoms with van der Waals surface area (Å²) in [5, 5.41) is 0. The Labute approximate surface area is 63.1 Å². The van der Waals surface area contributed by atoms with Crippen LogP contribution in [0.2, 0.25) is 0 Å². The molecule has 1 nitrogen and oxygen atoms in total. The van der Waals surface area contributed by atoms with Crippen LogP contribution in [-0.2, 0) is 4.79 Å². The third kappa shape index (κ3) is 1.98. The van der Waals surface area contributed by atoms with Gasteiger partial charge in [-0.15, -0.1) is 0 Å². The summed E-state index contributed by atoms with van der Waals surface area (Å²) in [4.78, 5) is 10.7. The number of rotatable bonds is 0. The van der Waals surface area contributed by atoms with E-state index in [2.05, 4.69) is 0 Å². The molecule has 0 spiro atoms. The highest BCUT2D eigenvalue weighted by Gasteiger charge is 2.14. The van der Waals surface area contributed by atoms with Gasteiger partial charge in [-0.1, -0.05) is 19.4 Å². The molecule has 0 aromatic carbocycles. The number of carbonyl (C=O) groups is 1. The molecule has 0 aromatic heterocycles. The van der Waals surface area contributed by atoms with E-state index >= 15 is 0 Å². The van der Waals surface area contributed by atoms with E-state index in [0.29, 0.717) is 5.78 Å². The molecular weight excluding hydrogens is 124 g/mol. The Morgan fingerprint density at radius 2 is 1.60 bits per heavy atom. The van der Waals surface area contributed by atoms with Crippen LogP contribution in [0.25, 0.3) is 0 Å². The van der Waals surface area contributed by atoms with Crippen LogP contribution in [0.3, 0.4) is 0 Å². The van der Waals surface area contributed by atoms with Crippen molar-refractivity contribution in [3.05, 3.63) is 11.1 Å². The fraction of sp³-hybridized carbons (Fsp3) is 0.667. The Hall–Kier alpha value is -0.590. The van der Waals surface area contributed by atoms with E-state index in [0.717, 1.165) is 18.4 Å². The van der Waals surface area contributed by atoms with Gasteiger partial charge in [-0.05, 0) is 25.8 Å². The fourth-order valence-corrected chi connectivity index (χ4v) is 0.914. The number of hydrogen-bond acceptors (Lipinski definition) is 1. The van der Waals surface area contributed by atoms with Crippen molar-refractivity contribution in [3.8, 4) is 0 Å². The summed E-state index contributed by atoms with van der Waals surface area (Å²) in [5.74, 6) is 0.336. The number of ketones is 1. The zero-order valence-electron chi connectivity index (χ0n) is 7.32. The summed E-state index contributed by atoms with van der Waals surface area (Å²) in [6.45, 7) is 7.94. The van der Waals surface area contributed by atoms with E-state index in [1.807, 2.05) is 27.7 Å². The minimum absolute atomic E-state index is 0.336. The van der Waals surface area contributed by atoms with Crippen LogP contribution < -0.4 is 0 Å². The first kappa shape index (κ1) is 9.41. The van der Waals surface area contributed by atoms with Gasteiger partial charge in [0.15, 0.2) is 5.78 Å². The molecule has 0 saturated carbocycles. The molecule has 10 heavy (non-hydrogen) atoms. The monoisotopic (exact) mass is 140 g/mol. The molecular formula is C9H16O. The smallest absolute Gasteiger partial charge is 0.158 e. The first-order valence-electron chi connectivity index (χ1n) is 3.91. The molecule has 0 fully saturated rings. The molecule has 1 rings (SSSR count). The Kier molecular flexibility index (Phi) is 4.01. The van der Waals surface area contributed by atoms with E-state index in [9.17, 15) is 4.79 Å². The second kappa shape index (κ2) is 4.26. The van der Waals surface area contributed by atoms with Gasteiger partial charge in [0, 0.05) is 6.42 Å². The standard InChI is InChI=1S/C7H10O.C2H6/c1-5-3-4-7(8)6(5)2;1-2/h3-4H2,1-2H3;1-2H3. The zero-order valence-corrected chi connectivity index (χ0v) is 7.32. The molecule has 1 aliphatic carbocycles. The van der Waals surface area contributed by atoms with Crippen molar-refractivity contribution in [3.63, 3.8) is 0 Å². The van der Waals surface area contributed by atoms with Crippen LogP contribution in [0, 0.1) is 0 Å². The SMILES string of the molecule is CC.CC1=C(C)C(=O)CC1. The number of Topliss-reactive ketones (excluding diaryl/α,β-unsaturated/α-hetero) is 1. The highest BCUT2D eigenvalue weighted by Crippen LogP contribution is 2.20. The summed E-state index contributed by atoms with van der Waals surface area (Å²) in [7, 11) is 0. The van der Waals surface area contributed by atoms with Crippen molar-refractivity contribution in [2.45, 2.75) is 40.5 Å². The Balaban J connectivity index is 0.000000371. The summed E-state index contributed by atoms with van der Waals surface area (Å²) in [6.07, 6.45) is 1.74. The normalized spacial score (nSPS) is 17.0. The van der Waals surface area contributed by atoms with Gasteiger partial charge < -0.3 is 0 Å². The number of allylic oxidation sites excluding steroid dienone is 2. The maximum Gasteiger partial charge on any atom is 0.158 e. The quantitative estimate of drug-likeness (QED) is 0.505. The molecule has 1 aliphatic rings. The van der Waals surface area contributed by atoms with Crippen molar-refractivity contribution < 1.29 is 4.79 Å². The fourth-order valence-electron chi connectivity index (χ4n) is 0.914. The largest absolute Gasteiger partial charge is 0.295 e. The molecule has 0 N–H and O–H groups in total. The molecule has 0 saturated heterocycles. The van der Waals surface area contributed by atoms with Crippen LogP contribution >= 0.6 is 0 Å². The van der Waals surface area contributed by atoms with Crippen LogP contribution in [0.15, 0.2) is 11.1 Å². The average Bonchev–Trinajstić information content (AvgIpc) is 2.25. The van der Waals surface area contributed by atoms with Crippen molar-refractivity contribution in [2.24, 2.45) is 0 Å². The summed E-state index contributed by atoms with van der Waals surface area (Å²) in [6, 6.07) is 0. The molecule has 0 bridgehead atoms. The minimum atomic E-state index is 0.336. The lowest BCUT2D eigenvalue weighted by Crippen LogP contribution is -1.89. The lowest BCUT2D eigenvalue weighted by Gasteiger charge is -1.86. The molecule has 1 heteroatoms. The van der Waals surface area contributed by atoms with E-state index in [-0.39, 0.29) is 0 Å². The molecule has 0 radical (unpaired) electrons. The van der Waals surface area contributed by atoms with Gasteiger partial charge in [0.2, 0.25) is 0 Å². The van der Waals surface area contributed by atoms with Gasteiger partial charge >= 0.3 is 0 Å². The molecule has 0 aliphatic heterocycles. The lowest BCUT2D eigenvalue weighted by atomic mass is 10.2. The van der Waals surface area contributed by atoms with Gasteiger partial charge in [0.25, 0.3) is 0 Å². The Morgan fingerprint density at radius 3 is 1.70 bits per heavy atom. The number of hydrogen-bond donors (Lipinski definition) is 0. The zero-order chi connectivity index (χ0) is 8.15. The average molecular weight is 140 g/mol. The number of carbonyl (C=O) groups excluding carboxylic acids is 1. The van der Waals surface area contributed by atoms with Crippen molar-refractivity contribution in [1.82, 2.24) is 0 Å². The van der Waals surface area contributed by atoms with Gasteiger partial charge in [0.1, 0.15) is 0 Å². The topological polar surface area (TPSA) is 17.1 Å². The molecule has 0 atom stereocenters. The Bertz CT molecular complexity index is 154. The highest BCUT2D eigenvalue weighted by molar-refractivity contribution is 5.97. The van der Waals surface area contributed by atoms with Crippen LogP contribution in [0.5, 0.6) is 0 Å². The van der Waals surface area contributed by atoms with E-state index in [1.165, 1.54) is 5.57 Å². The Morgan fingerprint density at radius 1 is 1.10 bits per heavy atom. The third-order valence-electron chi connectivity index (χ3n) is 1.79. The second-order valence-electron chi connectivity index (χ2n) is 2.33. The first-order valence-corrected chi connectivity index (χ1v) is 3.91. The molecule has 0 heterocycles. The lowest BCUT2D eigenvalue weighted by molar-refractivity contribution is -0.114. The van der Waals surface area contributed by atoms with Gasteiger partial charge in [-0.25, -0.2) is 0 Å². The van der Waals surface area contributed by atoms with Crippen LogP contribution in [-0.4, -0.2) is 5.78 Å².